The van der Waals surface area contributed by atoms with Crippen molar-refractivity contribution >= 4 is 17.7 Å². The van der Waals surface area contributed by atoms with Crippen molar-refractivity contribution in [1.82, 2.24) is 9.80 Å². The molecule has 0 bridgehead atoms. The van der Waals surface area contributed by atoms with Crippen molar-refractivity contribution in [2.45, 2.75) is 0 Å². The first-order valence-electron chi connectivity index (χ1n) is 7.32. The van der Waals surface area contributed by atoms with Crippen LogP contribution in [-0.2, 0) is 9.53 Å². The van der Waals surface area contributed by atoms with Gasteiger partial charge in [0.15, 0.2) is 0 Å². The Hall–Kier alpha value is -3.21. The second-order valence-electron chi connectivity index (χ2n) is 5.15. The highest BCUT2D eigenvalue weighted by molar-refractivity contribution is 6.06. The molecule has 8 heteroatoms. The number of piperazine rings is 1. The number of phenols is 1. The Bertz CT molecular complexity index is 688. The van der Waals surface area contributed by atoms with E-state index in [1.165, 1.54) is 25.4 Å². The maximum absolute atomic E-state index is 12.2. The molecule has 0 aliphatic carbocycles. The number of carbonyl (C=O) groups excluding carboxylic acids is 2. The van der Waals surface area contributed by atoms with Crippen LogP contribution in [0.2, 0.25) is 0 Å². The molecular formula is C16H18N4O4. The van der Waals surface area contributed by atoms with Crippen LogP contribution in [0.5, 0.6) is 5.75 Å². The minimum absolute atomic E-state index is 0.0224. The summed E-state index contributed by atoms with van der Waals surface area (Å²) in [6, 6.07) is 7.95. The fourth-order valence-corrected chi connectivity index (χ4v) is 2.27. The van der Waals surface area contributed by atoms with Crippen LogP contribution in [0, 0.1) is 11.3 Å². The second-order valence-corrected chi connectivity index (χ2v) is 5.15. The Morgan fingerprint density at radius 3 is 2.62 bits per heavy atom. The average molecular weight is 330 g/mol. The zero-order chi connectivity index (χ0) is 17.5. The molecule has 1 heterocycles. The van der Waals surface area contributed by atoms with Gasteiger partial charge in [-0.15, -0.1) is 0 Å². The third-order valence-corrected chi connectivity index (χ3v) is 3.53. The van der Waals surface area contributed by atoms with E-state index in [2.05, 4.69) is 10.1 Å². The second kappa shape index (κ2) is 7.87. The normalized spacial score (nSPS) is 14.8. The van der Waals surface area contributed by atoms with E-state index in [0.717, 1.165) is 0 Å². The van der Waals surface area contributed by atoms with Gasteiger partial charge in [0.05, 0.1) is 7.11 Å². The van der Waals surface area contributed by atoms with Crippen molar-refractivity contribution in [1.29, 1.82) is 5.26 Å². The van der Waals surface area contributed by atoms with Crippen molar-refractivity contribution in [3.63, 3.8) is 0 Å². The summed E-state index contributed by atoms with van der Waals surface area (Å²) in [6.45, 7) is 1.91. The summed E-state index contributed by atoms with van der Waals surface area (Å²) in [4.78, 5) is 26.9. The first-order chi connectivity index (χ1) is 11.5. The first kappa shape index (κ1) is 17.1. The van der Waals surface area contributed by atoms with Gasteiger partial charge in [0.1, 0.15) is 17.4 Å². The monoisotopic (exact) mass is 330 g/mol. The molecule has 2 N–H and O–H groups in total. The number of rotatable bonds is 3. The number of methoxy groups -OCH3 is 1. The van der Waals surface area contributed by atoms with Gasteiger partial charge in [-0.05, 0) is 12.1 Å². The van der Waals surface area contributed by atoms with Crippen molar-refractivity contribution < 1.29 is 19.4 Å². The summed E-state index contributed by atoms with van der Waals surface area (Å²) < 4.78 is 4.66. The van der Waals surface area contributed by atoms with E-state index in [0.29, 0.717) is 31.9 Å². The van der Waals surface area contributed by atoms with Gasteiger partial charge >= 0.3 is 6.09 Å². The fourth-order valence-electron chi connectivity index (χ4n) is 2.27. The number of anilines is 1. The quantitative estimate of drug-likeness (QED) is 0.635. The molecular weight excluding hydrogens is 312 g/mol. The highest BCUT2D eigenvalue weighted by Gasteiger charge is 2.21. The highest BCUT2D eigenvalue weighted by Crippen LogP contribution is 2.16. The van der Waals surface area contributed by atoms with E-state index in [1.54, 1.807) is 21.9 Å². The molecule has 1 aromatic rings. The van der Waals surface area contributed by atoms with Gasteiger partial charge in [0.2, 0.25) is 0 Å². The molecule has 126 valence electrons. The smallest absolute Gasteiger partial charge is 0.409 e. The lowest BCUT2D eigenvalue weighted by molar-refractivity contribution is -0.112. The highest BCUT2D eigenvalue weighted by atomic mass is 16.5. The molecule has 0 unspecified atom stereocenters. The predicted molar refractivity (Wildman–Crippen MR) is 86.0 cm³/mol. The lowest BCUT2D eigenvalue weighted by Crippen LogP contribution is -2.47. The summed E-state index contributed by atoms with van der Waals surface area (Å²) in [5.74, 6) is -0.535. The number of benzene rings is 1. The largest absolute Gasteiger partial charge is 0.508 e. The SMILES string of the molecule is COC(=O)N1CCN(/C=C(/C#N)C(=O)Nc2cccc(O)c2)CC1. The maximum atomic E-state index is 12.2. The first-order valence-corrected chi connectivity index (χ1v) is 7.32. The number of phenolic OH excluding ortho intramolecular Hbond substituents is 1. The molecule has 2 amide bonds. The summed E-state index contributed by atoms with van der Waals surface area (Å²) >= 11 is 0. The molecule has 1 aliphatic heterocycles. The molecule has 1 fully saturated rings. The number of nitriles is 1. The number of carbonyl (C=O) groups is 2. The van der Waals surface area contributed by atoms with Gasteiger partial charge in [-0.1, -0.05) is 6.07 Å². The molecule has 0 radical (unpaired) electrons. The zero-order valence-electron chi connectivity index (χ0n) is 13.2. The number of nitrogens with zero attached hydrogens (tertiary/aromatic N) is 3. The van der Waals surface area contributed by atoms with E-state index >= 15 is 0 Å². The summed E-state index contributed by atoms with van der Waals surface area (Å²) in [5.41, 5.74) is 0.349. The Morgan fingerprint density at radius 1 is 1.33 bits per heavy atom. The number of amides is 2. The average Bonchev–Trinajstić information content (AvgIpc) is 2.59. The Labute approximate surface area is 139 Å². The molecule has 0 spiro atoms. The van der Waals surface area contributed by atoms with Crippen LogP contribution in [0.25, 0.3) is 0 Å². The van der Waals surface area contributed by atoms with Crippen LogP contribution in [0.15, 0.2) is 36.0 Å². The lowest BCUT2D eigenvalue weighted by Gasteiger charge is -2.33. The standard InChI is InChI=1S/C16H18N4O4/c1-24-16(23)20-7-5-19(6-8-20)11-12(10-17)15(22)18-13-3-2-4-14(21)9-13/h2-4,9,11,21H,5-8H2,1H3,(H,18,22)/b12-11-. The van der Waals surface area contributed by atoms with Gasteiger partial charge in [0.25, 0.3) is 5.91 Å². The topological polar surface area (TPSA) is 106 Å². The summed E-state index contributed by atoms with van der Waals surface area (Å²) in [7, 11) is 1.33. The van der Waals surface area contributed by atoms with Crippen LogP contribution >= 0.6 is 0 Å². The Morgan fingerprint density at radius 2 is 2.04 bits per heavy atom. The molecule has 1 aliphatic rings. The van der Waals surface area contributed by atoms with Gasteiger partial charge in [-0.25, -0.2) is 4.79 Å². The number of hydrogen-bond acceptors (Lipinski definition) is 6. The van der Waals surface area contributed by atoms with Crippen LogP contribution in [0.4, 0.5) is 10.5 Å². The number of aromatic hydroxyl groups is 1. The molecule has 0 saturated carbocycles. The molecule has 8 nitrogen and oxygen atoms in total. The predicted octanol–water partition coefficient (Wildman–Crippen LogP) is 1.12. The van der Waals surface area contributed by atoms with Gasteiger partial charge in [-0.2, -0.15) is 5.26 Å². The number of hydrogen-bond donors (Lipinski definition) is 2. The van der Waals surface area contributed by atoms with Gasteiger partial charge < -0.3 is 25.0 Å². The molecule has 24 heavy (non-hydrogen) atoms. The van der Waals surface area contributed by atoms with E-state index in [-0.39, 0.29) is 17.4 Å². The van der Waals surface area contributed by atoms with Crippen molar-refractivity contribution in [2.75, 3.05) is 38.6 Å². The summed E-state index contributed by atoms with van der Waals surface area (Å²) in [5, 5.41) is 21.1. The van der Waals surface area contributed by atoms with Crippen LogP contribution < -0.4 is 5.32 Å². The Kier molecular flexibility index (Phi) is 5.63. The van der Waals surface area contributed by atoms with Crippen LogP contribution in [0.1, 0.15) is 0 Å². The van der Waals surface area contributed by atoms with Gasteiger partial charge in [-0.3, -0.25) is 4.79 Å². The third kappa shape index (κ3) is 4.39. The Balaban J connectivity index is 1.98. The van der Waals surface area contributed by atoms with E-state index in [1.807, 2.05) is 6.07 Å². The molecule has 0 atom stereocenters. The molecule has 1 saturated heterocycles. The summed E-state index contributed by atoms with van der Waals surface area (Å²) in [6.07, 6.45) is 1.09. The van der Waals surface area contributed by atoms with E-state index < -0.39 is 5.91 Å². The molecule has 1 aromatic carbocycles. The van der Waals surface area contributed by atoms with Crippen molar-refractivity contribution in [3.8, 4) is 11.8 Å². The zero-order valence-corrected chi connectivity index (χ0v) is 13.2. The molecule has 0 aromatic heterocycles. The lowest BCUT2D eigenvalue weighted by atomic mass is 10.2. The number of ether oxygens (including phenoxy) is 1. The minimum atomic E-state index is -0.557. The molecule has 2 rings (SSSR count). The minimum Gasteiger partial charge on any atom is -0.508 e. The fraction of sp³-hybridized carbons (Fsp3) is 0.312. The van der Waals surface area contributed by atoms with Crippen LogP contribution in [-0.4, -0.2) is 60.2 Å². The third-order valence-electron chi connectivity index (χ3n) is 3.53. The van der Waals surface area contributed by atoms with Crippen molar-refractivity contribution in [3.05, 3.63) is 36.0 Å². The maximum Gasteiger partial charge on any atom is 0.409 e. The van der Waals surface area contributed by atoms with E-state index in [4.69, 9.17) is 0 Å². The van der Waals surface area contributed by atoms with Gasteiger partial charge in [0, 0.05) is 44.1 Å². The van der Waals surface area contributed by atoms with E-state index in [9.17, 15) is 20.0 Å². The number of nitrogens with one attached hydrogen (secondary N) is 1. The van der Waals surface area contributed by atoms with Crippen molar-refractivity contribution in [2.24, 2.45) is 0 Å². The van der Waals surface area contributed by atoms with Crippen LogP contribution in [0.3, 0.4) is 0 Å².